The van der Waals surface area contributed by atoms with Crippen LogP contribution >= 0.6 is 12.4 Å². The number of carbonyl (C=O) groups excluding carboxylic acids is 1. The van der Waals surface area contributed by atoms with Crippen LogP contribution in [0.15, 0.2) is 73.1 Å². The average Bonchev–Trinajstić information content (AvgIpc) is 2.93. The van der Waals surface area contributed by atoms with Gasteiger partial charge >= 0.3 is 0 Å². The summed E-state index contributed by atoms with van der Waals surface area (Å²) < 4.78 is 32.1. The Kier molecular flexibility index (Phi) is 8.16. The van der Waals surface area contributed by atoms with E-state index in [2.05, 4.69) is 15.4 Å². The first-order valence-electron chi connectivity index (χ1n) is 11.5. The molecule has 0 bridgehead atoms. The summed E-state index contributed by atoms with van der Waals surface area (Å²) in [7, 11) is -3.37. The van der Waals surface area contributed by atoms with Crippen molar-refractivity contribution in [1.29, 1.82) is 0 Å². The lowest BCUT2D eigenvalue weighted by molar-refractivity contribution is 0.0729. The molecule has 1 aliphatic rings. The number of morpholine rings is 1. The number of rotatable bonds is 6. The van der Waals surface area contributed by atoms with Crippen molar-refractivity contribution in [1.82, 2.24) is 19.7 Å². The Bertz CT molecular complexity index is 1510. The molecule has 1 amide bonds. The molecule has 37 heavy (non-hydrogen) atoms. The lowest BCUT2D eigenvalue weighted by Crippen LogP contribution is -2.41. The first-order valence-corrected chi connectivity index (χ1v) is 13.1. The van der Waals surface area contributed by atoms with E-state index in [0.717, 1.165) is 22.3 Å². The van der Waals surface area contributed by atoms with Gasteiger partial charge in [0.05, 0.1) is 35.7 Å². The molecule has 0 aliphatic carbocycles. The number of amides is 1. The number of carbonyl (C=O) groups is 1. The standard InChI is InChI=1S/C26H25N5O4S.ClH/c27-30-26(32)22-15-25(29-24-9-10-28-16-23(22)24)21-7-5-20(6-8-21)19-3-1-18(2-4-19)17-36(33,34)31-11-13-35-14-12-31;/h1-10,15-16H,11-14,17,27H2,(H,30,32);1H. The summed E-state index contributed by atoms with van der Waals surface area (Å²) >= 11 is 0. The molecule has 0 unspecified atom stereocenters. The molecule has 1 fully saturated rings. The Balaban J connectivity index is 0.00000320. The van der Waals surface area contributed by atoms with Crippen molar-refractivity contribution in [3.05, 3.63) is 84.2 Å². The second kappa shape index (κ2) is 11.3. The Hall–Kier alpha value is -3.41. The Morgan fingerprint density at radius 2 is 1.59 bits per heavy atom. The summed E-state index contributed by atoms with van der Waals surface area (Å²) in [5, 5.41) is 0.622. The van der Waals surface area contributed by atoms with E-state index in [1.807, 2.05) is 48.5 Å². The number of nitrogen functional groups attached to an aromatic ring is 1. The van der Waals surface area contributed by atoms with Crippen molar-refractivity contribution in [3.8, 4) is 22.4 Å². The summed E-state index contributed by atoms with van der Waals surface area (Å²) in [5.41, 5.74) is 7.40. The van der Waals surface area contributed by atoms with Crippen molar-refractivity contribution in [2.45, 2.75) is 5.75 Å². The number of hydrazine groups is 1. The first-order chi connectivity index (χ1) is 17.4. The molecule has 1 saturated heterocycles. The number of benzene rings is 2. The minimum Gasteiger partial charge on any atom is -0.379 e. The zero-order valence-electron chi connectivity index (χ0n) is 19.8. The second-order valence-electron chi connectivity index (χ2n) is 8.46. The predicted octanol–water partition coefficient (Wildman–Crippen LogP) is 3.15. The molecule has 2 aromatic heterocycles. The molecule has 3 N–H and O–H groups in total. The number of aromatic nitrogens is 2. The monoisotopic (exact) mass is 539 g/mol. The SMILES string of the molecule is Cl.NNC(=O)c1cc(-c2ccc(-c3ccc(CS(=O)(=O)N4CCOCC4)cc3)cc2)nc2ccncc12. The maximum Gasteiger partial charge on any atom is 0.265 e. The summed E-state index contributed by atoms with van der Waals surface area (Å²) in [6, 6.07) is 18.8. The molecule has 5 rings (SSSR count). The molecule has 192 valence electrons. The van der Waals surface area contributed by atoms with Crippen LogP contribution in [0.5, 0.6) is 0 Å². The number of nitrogens with two attached hydrogens (primary N) is 1. The minimum absolute atomic E-state index is 0. The normalized spacial score (nSPS) is 14.2. The fraction of sp³-hybridized carbons (Fsp3) is 0.192. The van der Waals surface area contributed by atoms with Crippen LogP contribution in [0, 0.1) is 0 Å². The molecule has 4 aromatic rings. The van der Waals surface area contributed by atoms with Gasteiger partial charge in [-0.3, -0.25) is 15.2 Å². The van der Waals surface area contributed by atoms with Gasteiger partial charge in [0.2, 0.25) is 10.0 Å². The van der Waals surface area contributed by atoms with E-state index in [4.69, 9.17) is 10.6 Å². The zero-order valence-corrected chi connectivity index (χ0v) is 21.5. The van der Waals surface area contributed by atoms with Gasteiger partial charge in [0.25, 0.3) is 5.91 Å². The Morgan fingerprint density at radius 3 is 2.24 bits per heavy atom. The third kappa shape index (κ3) is 5.79. The molecule has 0 saturated carbocycles. The van der Waals surface area contributed by atoms with E-state index >= 15 is 0 Å². The van der Waals surface area contributed by atoms with E-state index in [1.54, 1.807) is 24.5 Å². The largest absolute Gasteiger partial charge is 0.379 e. The van der Waals surface area contributed by atoms with Crippen molar-refractivity contribution in [3.63, 3.8) is 0 Å². The number of ether oxygens (including phenoxy) is 1. The third-order valence-corrected chi connectivity index (χ3v) is 8.02. The molecule has 2 aromatic carbocycles. The summed E-state index contributed by atoms with van der Waals surface area (Å²) in [4.78, 5) is 21.1. The number of hydrogen-bond acceptors (Lipinski definition) is 7. The van der Waals surface area contributed by atoms with Crippen LogP contribution in [0.25, 0.3) is 33.3 Å². The number of nitrogens with one attached hydrogen (secondary N) is 1. The van der Waals surface area contributed by atoms with E-state index in [-0.39, 0.29) is 18.2 Å². The van der Waals surface area contributed by atoms with Crippen molar-refractivity contribution >= 4 is 39.2 Å². The Morgan fingerprint density at radius 1 is 0.973 bits per heavy atom. The van der Waals surface area contributed by atoms with Crippen LogP contribution in [0.1, 0.15) is 15.9 Å². The van der Waals surface area contributed by atoms with Gasteiger partial charge in [0, 0.05) is 36.4 Å². The van der Waals surface area contributed by atoms with Crippen LogP contribution < -0.4 is 11.3 Å². The van der Waals surface area contributed by atoms with Gasteiger partial charge in [-0.25, -0.2) is 19.2 Å². The smallest absolute Gasteiger partial charge is 0.265 e. The predicted molar refractivity (Wildman–Crippen MR) is 144 cm³/mol. The molecular formula is C26H26ClN5O4S. The number of sulfonamides is 1. The second-order valence-corrected chi connectivity index (χ2v) is 10.4. The number of nitrogens with zero attached hydrogens (tertiary/aromatic N) is 3. The van der Waals surface area contributed by atoms with Crippen molar-refractivity contribution in [2.24, 2.45) is 5.84 Å². The average molecular weight is 540 g/mol. The topological polar surface area (TPSA) is 128 Å². The number of pyridine rings is 2. The maximum absolute atomic E-state index is 12.7. The van der Waals surface area contributed by atoms with Crippen molar-refractivity contribution < 1.29 is 17.9 Å². The molecule has 9 nitrogen and oxygen atoms in total. The van der Waals surface area contributed by atoms with Crippen LogP contribution in [-0.2, 0) is 20.5 Å². The van der Waals surface area contributed by atoms with Gasteiger partial charge in [-0.1, -0.05) is 48.5 Å². The summed E-state index contributed by atoms with van der Waals surface area (Å²) in [5.74, 6) is 4.92. The van der Waals surface area contributed by atoms with Crippen LogP contribution in [0.2, 0.25) is 0 Å². The number of fused-ring (bicyclic) bond motifs is 1. The maximum atomic E-state index is 12.7. The van der Waals surface area contributed by atoms with Gasteiger partial charge in [-0.15, -0.1) is 12.4 Å². The van der Waals surface area contributed by atoms with Gasteiger partial charge in [0.1, 0.15) is 0 Å². The first kappa shape index (κ1) is 26.6. The molecular weight excluding hydrogens is 514 g/mol. The van der Waals surface area contributed by atoms with Gasteiger partial charge < -0.3 is 4.74 Å². The molecule has 0 radical (unpaired) electrons. The van der Waals surface area contributed by atoms with E-state index in [9.17, 15) is 13.2 Å². The van der Waals surface area contributed by atoms with E-state index in [1.165, 1.54) is 4.31 Å². The quantitative estimate of drug-likeness (QED) is 0.219. The van der Waals surface area contributed by atoms with E-state index < -0.39 is 15.9 Å². The Labute approximate surface area is 221 Å². The molecule has 0 spiro atoms. The number of hydrogen-bond donors (Lipinski definition) is 2. The lowest BCUT2D eigenvalue weighted by atomic mass is 10.0. The van der Waals surface area contributed by atoms with Crippen LogP contribution in [0.3, 0.4) is 0 Å². The highest BCUT2D eigenvalue weighted by atomic mass is 35.5. The highest BCUT2D eigenvalue weighted by Crippen LogP contribution is 2.28. The highest BCUT2D eigenvalue weighted by Gasteiger charge is 2.24. The van der Waals surface area contributed by atoms with Gasteiger partial charge in [0.15, 0.2) is 0 Å². The summed E-state index contributed by atoms with van der Waals surface area (Å²) in [6.07, 6.45) is 3.22. The van der Waals surface area contributed by atoms with Crippen LogP contribution in [-0.4, -0.2) is 54.9 Å². The van der Waals surface area contributed by atoms with Gasteiger partial charge in [-0.05, 0) is 28.8 Å². The molecule has 3 heterocycles. The minimum atomic E-state index is -3.37. The lowest BCUT2D eigenvalue weighted by Gasteiger charge is -2.26. The fourth-order valence-corrected chi connectivity index (χ4v) is 5.74. The third-order valence-electron chi connectivity index (χ3n) is 6.17. The van der Waals surface area contributed by atoms with Crippen LogP contribution in [0.4, 0.5) is 0 Å². The van der Waals surface area contributed by atoms with E-state index in [0.29, 0.717) is 48.5 Å². The fourth-order valence-electron chi connectivity index (χ4n) is 4.24. The highest BCUT2D eigenvalue weighted by molar-refractivity contribution is 7.88. The summed E-state index contributed by atoms with van der Waals surface area (Å²) in [6.45, 7) is 1.66. The number of halogens is 1. The van der Waals surface area contributed by atoms with Crippen molar-refractivity contribution in [2.75, 3.05) is 26.3 Å². The molecule has 1 aliphatic heterocycles. The molecule has 11 heteroatoms. The zero-order chi connectivity index (χ0) is 25.1. The molecule has 0 atom stereocenters. The van der Waals surface area contributed by atoms with Gasteiger partial charge in [-0.2, -0.15) is 4.31 Å².